The number of halogens is 1. The number of thiophene rings is 1. The number of benzene rings is 2. The molecule has 1 N–H and O–H groups in total. The topological polar surface area (TPSA) is 45.1 Å². The standard InChI is InChI=1S/C20H15BrN2O2S/c21-12-7-8-17(24)14(10-12)20-23-16(13-4-1-2-5-18(13)25-20)11-15(22-23)19-6-3-9-26-19/h1-10,16,20,24H,11H2/t16-,20-/m0/s1. The Morgan fingerprint density at radius 3 is 2.85 bits per heavy atom. The van der Waals surface area contributed by atoms with Gasteiger partial charge in [-0.1, -0.05) is 40.2 Å². The molecule has 2 aliphatic heterocycles. The van der Waals surface area contributed by atoms with Crippen molar-refractivity contribution >= 4 is 33.0 Å². The van der Waals surface area contributed by atoms with Crippen molar-refractivity contribution in [1.29, 1.82) is 0 Å². The van der Waals surface area contributed by atoms with Crippen LogP contribution in [0.1, 0.15) is 34.7 Å². The van der Waals surface area contributed by atoms with Gasteiger partial charge < -0.3 is 9.84 Å². The summed E-state index contributed by atoms with van der Waals surface area (Å²) in [6, 6.07) is 17.7. The maximum Gasteiger partial charge on any atom is 0.217 e. The Bertz CT molecular complexity index is 1000. The van der Waals surface area contributed by atoms with E-state index in [0.29, 0.717) is 5.56 Å². The summed E-state index contributed by atoms with van der Waals surface area (Å²) in [6.45, 7) is 0. The Morgan fingerprint density at radius 1 is 1.12 bits per heavy atom. The molecule has 3 aromatic rings. The fraction of sp³-hybridized carbons (Fsp3) is 0.150. The average Bonchev–Trinajstić information content (AvgIpc) is 3.32. The van der Waals surface area contributed by atoms with Crippen LogP contribution in [-0.2, 0) is 0 Å². The predicted molar refractivity (Wildman–Crippen MR) is 106 cm³/mol. The molecule has 0 bridgehead atoms. The van der Waals surface area contributed by atoms with Crippen LogP contribution in [0.5, 0.6) is 11.5 Å². The van der Waals surface area contributed by atoms with Gasteiger partial charge in [-0.25, -0.2) is 5.01 Å². The third-order valence-electron chi connectivity index (χ3n) is 4.76. The monoisotopic (exact) mass is 426 g/mol. The molecule has 2 aliphatic rings. The van der Waals surface area contributed by atoms with Gasteiger partial charge in [-0.3, -0.25) is 0 Å². The number of aromatic hydroxyl groups is 1. The largest absolute Gasteiger partial charge is 0.507 e. The van der Waals surface area contributed by atoms with Crippen molar-refractivity contribution in [3.63, 3.8) is 0 Å². The SMILES string of the molecule is Oc1ccc(Br)cc1[C@@H]1Oc2ccccc2[C@@H]2CC(c3cccs3)=NN21. The zero-order chi connectivity index (χ0) is 17.7. The highest BCUT2D eigenvalue weighted by molar-refractivity contribution is 9.10. The maximum absolute atomic E-state index is 10.4. The quantitative estimate of drug-likeness (QED) is 0.591. The molecule has 130 valence electrons. The van der Waals surface area contributed by atoms with Gasteiger partial charge in [-0.2, -0.15) is 5.10 Å². The number of rotatable bonds is 2. The Labute approximate surface area is 163 Å². The number of hydrazone groups is 1. The number of ether oxygens (including phenoxy) is 1. The van der Waals surface area contributed by atoms with E-state index in [4.69, 9.17) is 9.84 Å². The van der Waals surface area contributed by atoms with Crippen LogP contribution in [0, 0.1) is 0 Å². The smallest absolute Gasteiger partial charge is 0.217 e. The first kappa shape index (κ1) is 15.9. The second kappa shape index (κ2) is 6.14. The lowest BCUT2D eigenvalue weighted by Gasteiger charge is -2.38. The number of nitrogens with zero attached hydrogens (tertiary/aromatic N) is 2. The molecule has 0 aliphatic carbocycles. The summed E-state index contributed by atoms with van der Waals surface area (Å²) < 4.78 is 7.17. The number of hydrogen-bond donors (Lipinski definition) is 1. The number of fused-ring (bicyclic) bond motifs is 3. The van der Waals surface area contributed by atoms with Gasteiger partial charge in [0.15, 0.2) is 0 Å². The molecule has 0 spiro atoms. The summed E-state index contributed by atoms with van der Waals surface area (Å²) >= 11 is 5.19. The van der Waals surface area contributed by atoms with Crippen LogP contribution < -0.4 is 4.74 Å². The second-order valence-corrected chi connectivity index (χ2v) is 8.20. The molecule has 0 saturated heterocycles. The van der Waals surface area contributed by atoms with Gasteiger partial charge in [0.25, 0.3) is 0 Å². The van der Waals surface area contributed by atoms with Crippen molar-refractivity contribution < 1.29 is 9.84 Å². The van der Waals surface area contributed by atoms with Gasteiger partial charge in [0, 0.05) is 16.5 Å². The summed E-state index contributed by atoms with van der Waals surface area (Å²) in [7, 11) is 0. The van der Waals surface area contributed by atoms with E-state index < -0.39 is 6.23 Å². The molecule has 0 saturated carbocycles. The Hall–Kier alpha value is -2.31. The van der Waals surface area contributed by atoms with E-state index in [9.17, 15) is 5.11 Å². The van der Waals surface area contributed by atoms with E-state index in [1.54, 1.807) is 17.4 Å². The minimum atomic E-state index is -0.468. The lowest BCUT2D eigenvalue weighted by Crippen LogP contribution is -2.33. The first-order valence-corrected chi connectivity index (χ1v) is 10.0. The van der Waals surface area contributed by atoms with E-state index in [2.05, 4.69) is 33.4 Å². The molecule has 0 radical (unpaired) electrons. The molecular weight excluding hydrogens is 412 g/mol. The number of phenolic OH excluding ortho intramolecular Hbond substituents is 1. The average molecular weight is 427 g/mol. The summed E-state index contributed by atoms with van der Waals surface area (Å²) in [5, 5.41) is 19.4. The minimum absolute atomic E-state index is 0.0976. The van der Waals surface area contributed by atoms with Crippen LogP contribution in [0.3, 0.4) is 0 Å². The molecule has 4 nitrogen and oxygen atoms in total. The number of hydrogen-bond acceptors (Lipinski definition) is 5. The summed E-state index contributed by atoms with van der Waals surface area (Å²) in [6.07, 6.45) is 0.358. The van der Waals surface area contributed by atoms with E-state index in [-0.39, 0.29) is 11.8 Å². The van der Waals surface area contributed by atoms with Crippen molar-refractivity contribution in [1.82, 2.24) is 5.01 Å². The fourth-order valence-corrected chi connectivity index (χ4v) is 4.65. The molecule has 0 fully saturated rings. The molecular formula is C20H15BrN2O2S. The number of phenols is 1. The van der Waals surface area contributed by atoms with Crippen molar-refractivity contribution in [2.24, 2.45) is 5.10 Å². The molecule has 6 heteroatoms. The Kier molecular flexibility index (Phi) is 3.76. The fourth-order valence-electron chi connectivity index (χ4n) is 3.55. The first-order chi connectivity index (χ1) is 12.7. The molecule has 2 atom stereocenters. The normalized spacial score (nSPS) is 21.0. The van der Waals surface area contributed by atoms with Gasteiger partial charge in [0.2, 0.25) is 6.23 Å². The third-order valence-corrected chi connectivity index (χ3v) is 6.17. The van der Waals surface area contributed by atoms with E-state index in [1.165, 1.54) is 4.88 Å². The van der Waals surface area contributed by atoms with Crippen molar-refractivity contribution in [2.45, 2.75) is 18.7 Å². The zero-order valence-corrected chi connectivity index (χ0v) is 16.1. The lowest BCUT2D eigenvalue weighted by atomic mass is 9.97. The molecule has 2 aromatic carbocycles. The van der Waals surface area contributed by atoms with Gasteiger partial charge in [0.1, 0.15) is 11.5 Å². The van der Waals surface area contributed by atoms with E-state index in [1.807, 2.05) is 41.4 Å². The minimum Gasteiger partial charge on any atom is -0.507 e. The first-order valence-electron chi connectivity index (χ1n) is 8.34. The highest BCUT2D eigenvalue weighted by atomic mass is 79.9. The van der Waals surface area contributed by atoms with Gasteiger partial charge >= 0.3 is 0 Å². The third kappa shape index (κ3) is 2.52. The molecule has 0 amide bonds. The van der Waals surface area contributed by atoms with Crippen LogP contribution in [-0.4, -0.2) is 15.8 Å². The summed E-state index contributed by atoms with van der Waals surface area (Å²) in [5.74, 6) is 1.05. The maximum atomic E-state index is 10.4. The van der Waals surface area contributed by atoms with Gasteiger partial charge in [-0.15, -0.1) is 11.3 Å². The zero-order valence-electron chi connectivity index (χ0n) is 13.7. The highest BCUT2D eigenvalue weighted by Gasteiger charge is 2.41. The van der Waals surface area contributed by atoms with Crippen LogP contribution in [0.2, 0.25) is 0 Å². The Balaban J connectivity index is 1.64. The molecule has 3 heterocycles. The highest BCUT2D eigenvalue weighted by Crippen LogP contribution is 2.49. The van der Waals surface area contributed by atoms with Crippen LogP contribution in [0.15, 0.2) is 69.6 Å². The van der Waals surface area contributed by atoms with Gasteiger partial charge in [0.05, 0.1) is 22.2 Å². The van der Waals surface area contributed by atoms with Crippen molar-refractivity contribution in [3.05, 3.63) is 80.5 Å². The van der Waals surface area contributed by atoms with E-state index in [0.717, 1.165) is 27.9 Å². The van der Waals surface area contributed by atoms with Gasteiger partial charge in [-0.05, 0) is 35.7 Å². The van der Waals surface area contributed by atoms with Crippen LogP contribution >= 0.6 is 27.3 Å². The summed E-state index contributed by atoms with van der Waals surface area (Å²) in [4.78, 5) is 1.18. The second-order valence-electron chi connectivity index (χ2n) is 6.34. The Morgan fingerprint density at radius 2 is 2.00 bits per heavy atom. The number of para-hydroxylation sites is 1. The summed E-state index contributed by atoms with van der Waals surface area (Å²) in [5.41, 5.74) is 2.90. The lowest BCUT2D eigenvalue weighted by molar-refractivity contribution is -0.0203. The molecule has 26 heavy (non-hydrogen) atoms. The van der Waals surface area contributed by atoms with Crippen molar-refractivity contribution in [2.75, 3.05) is 0 Å². The van der Waals surface area contributed by atoms with Crippen LogP contribution in [0.25, 0.3) is 0 Å². The molecule has 5 rings (SSSR count). The predicted octanol–water partition coefficient (Wildman–Crippen LogP) is 5.46. The van der Waals surface area contributed by atoms with Crippen LogP contribution in [0.4, 0.5) is 0 Å². The molecule has 0 unspecified atom stereocenters. The van der Waals surface area contributed by atoms with E-state index >= 15 is 0 Å². The molecule has 1 aromatic heterocycles. The van der Waals surface area contributed by atoms with Crippen molar-refractivity contribution in [3.8, 4) is 11.5 Å².